The molecule has 138 valence electrons. The van der Waals surface area contributed by atoms with Crippen LogP contribution in [0.15, 0.2) is 36.7 Å². The second-order valence-corrected chi connectivity index (χ2v) is 6.23. The highest BCUT2D eigenvalue weighted by molar-refractivity contribution is 6.32. The predicted octanol–water partition coefficient (Wildman–Crippen LogP) is 3.85. The van der Waals surface area contributed by atoms with Gasteiger partial charge in [-0.15, -0.1) is 0 Å². The average Bonchev–Trinajstić information content (AvgIpc) is 2.95. The molecule has 0 saturated heterocycles. The van der Waals surface area contributed by atoms with Crippen molar-refractivity contribution in [2.45, 2.75) is 25.7 Å². The highest BCUT2D eigenvalue weighted by atomic mass is 35.5. The van der Waals surface area contributed by atoms with E-state index in [1.807, 2.05) is 13.0 Å². The van der Waals surface area contributed by atoms with Gasteiger partial charge in [-0.25, -0.2) is 0 Å². The third-order valence-electron chi connectivity index (χ3n) is 3.72. The summed E-state index contributed by atoms with van der Waals surface area (Å²) in [4.78, 5) is 3.72. The molecule has 1 unspecified atom stereocenters. The molecule has 0 radical (unpaired) electrons. The molecule has 0 aliphatic heterocycles. The Labute approximate surface area is 152 Å². The molecule has 0 aliphatic rings. The molecule has 0 spiro atoms. The molecule has 1 atom stereocenters. The fraction of sp³-hybridized carbons (Fsp3) is 0.294. The van der Waals surface area contributed by atoms with Crippen molar-refractivity contribution >= 4 is 22.5 Å². The zero-order valence-electron chi connectivity index (χ0n) is 13.7. The largest absolute Gasteiger partial charge is 0.489 e. The molecule has 26 heavy (non-hydrogen) atoms. The number of fused-ring (bicyclic) bond motifs is 1. The molecule has 9 heteroatoms. The molecule has 3 aromatic rings. The number of aliphatic hydroxyl groups is 1. The smallest absolute Gasteiger partial charge is 0.435 e. The van der Waals surface area contributed by atoms with Crippen LogP contribution in [0.3, 0.4) is 0 Å². The minimum Gasteiger partial charge on any atom is -0.489 e. The zero-order chi connectivity index (χ0) is 18.9. The van der Waals surface area contributed by atoms with Gasteiger partial charge in [-0.05, 0) is 30.7 Å². The molecule has 0 aliphatic carbocycles. The average molecular weight is 386 g/mol. The number of alkyl halides is 3. The van der Waals surface area contributed by atoms with Crippen LogP contribution in [0, 0.1) is 6.92 Å². The molecule has 5 nitrogen and oxygen atoms in total. The van der Waals surface area contributed by atoms with Crippen molar-refractivity contribution in [3.8, 4) is 5.75 Å². The summed E-state index contributed by atoms with van der Waals surface area (Å²) in [5.41, 5.74) is 0.134. The molecule has 2 heterocycles. The molecule has 2 aromatic heterocycles. The Hall–Kier alpha value is -2.32. The van der Waals surface area contributed by atoms with E-state index in [2.05, 4.69) is 10.1 Å². The second kappa shape index (κ2) is 7.13. The van der Waals surface area contributed by atoms with E-state index >= 15 is 0 Å². The normalized spacial score (nSPS) is 13.2. The van der Waals surface area contributed by atoms with E-state index in [4.69, 9.17) is 16.3 Å². The van der Waals surface area contributed by atoms with Gasteiger partial charge in [0.2, 0.25) is 0 Å². The maximum atomic E-state index is 13.1. The minimum absolute atomic E-state index is 0.116. The van der Waals surface area contributed by atoms with E-state index in [1.165, 1.54) is 12.3 Å². The monoisotopic (exact) mass is 385 g/mol. The van der Waals surface area contributed by atoms with Crippen LogP contribution < -0.4 is 4.74 Å². The van der Waals surface area contributed by atoms with Crippen molar-refractivity contribution in [1.29, 1.82) is 0 Å². The number of aryl methyl sites for hydroxylation is 1. The van der Waals surface area contributed by atoms with Crippen molar-refractivity contribution in [3.63, 3.8) is 0 Å². The van der Waals surface area contributed by atoms with Gasteiger partial charge in [0.05, 0.1) is 22.5 Å². The van der Waals surface area contributed by atoms with Crippen molar-refractivity contribution in [3.05, 3.63) is 52.9 Å². The van der Waals surface area contributed by atoms with Gasteiger partial charge in [-0.1, -0.05) is 17.7 Å². The Morgan fingerprint density at radius 2 is 2.08 bits per heavy atom. The third-order valence-corrected chi connectivity index (χ3v) is 4.03. The van der Waals surface area contributed by atoms with Crippen LogP contribution >= 0.6 is 11.6 Å². The number of nitrogens with zero attached hydrogens (tertiary/aromatic N) is 3. The van der Waals surface area contributed by atoms with Gasteiger partial charge in [0, 0.05) is 12.4 Å². The Morgan fingerprint density at radius 1 is 1.31 bits per heavy atom. The van der Waals surface area contributed by atoms with Crippen LogP contribution in [0.2, 0.25) is 5.02 Å². The van der Waals surface area contributed by atoms with Crippen molar-refractivity contribution in [2.24, 2.45) is 0 Å². The summed E-state index contributed by atoms with van der Waals surface area (Å²) in [6, 6.07) is 6.62. The van der Waals surface area contributed by atoms with Crippen LogP contribution in [-0.2, 0) is 12.7 Å². The quantitative estimate of drug-likeness (QED) is 0.724. The Balaban J connectivity index is 1.77. The number of pyridine rings is 1. The van der Waals surface area contributed by atoms with Crippen molar-refractivity contribution in [2.75, 3.05) is 6.61 Å². The van der Waals surface area contributed by atoms with Crippen LogP contribution in [0.25, 0.3) is 10.9 Å². The SMILES string of the molecule is Cc1ccc(Cl)c(OCC(O)Cn2nc(C(F)(F)F)c3cnccc32)c1. The zero-order valence-corrected chi connectivity index (χ0v) is 14.4. The van der Waals surface area contributed by atoms with E-state index in [0.29, 0.717) is 10.8 Å². The molecule has 0 amide bonds. The van der Waals surface area contributed by atoms with Gasteiger partial charge in [-0.2, -0.15) is 18.3 Å². The first kappa shape index (κ1) is 18.5. The number of aliphatic hydroxyl groups excluding tert-OH is 1. The molecule has 0 bridgehead atoms. The Bertz CT molecular complexity index is 927. The van der Waals surface area contributed by atoms with Gasteiger partial charge in [-0.3, -0.25) is 9.67 Å². The fourth-order valence-electron chi connectivity index (χ4n) is 2.53. The van der Waals surface area contributed by atoms with Crippen LogP contribution in [0.4, 0.5) is 13.2 Å². The topological polar surface area (TPSA) is 60.2 Å². The number of ether oxygens (including phenoxy) is 1. The standard InChI is InChI=1S/C17H15ClF3N3O2/c1-10-2-3-13(18)15(6-10)26-9-11(25)8-24-14-4-5-22-7-12(14)16(23-24)17(19,20)21/h2-7,11,25H,8-9H2,1H3. The number of aromatic nitrogens is 3. The predicted molar refractivity (Wildman–Crippen MR) is 90.2 cm³/mol. The summed E-state index contributed by atoms with van der Waals surface area (Å²) < 4.78 is 45.9. The third kappa shape index (κ3) is 3.91. The molecular formula is C17H15ClF3N3O2. The molecule has 0 saturated carbocycles. The van der Waals surface area contributed by atoms with E-state index in [1.54, 1.807) is 12.1 Å². The van der Waals surface area contributed by atoms with E-state index in [0.717, 1.165) is 16.4 Å². The van der Waals surface area contributed by atoms with E-state index < -0.39 is 18.0 Å². The molecular weight excluding hydrogens is 371 g/mol. The summed E-state index contributed by atoms with van der Waals surface area (Å²) >= 11 is 6.02. The molecule has 1 N–H and O–H groups in total. The highest BCUT2D eigenvalue weighted by Crippen LogP contribution is 2.33. The maximum absolute atomic E-state index is 13.1. The minimum atomic E-state index is -4.61. The lowest BCUT2D eigenvalue weighted by Crippen LogP contribution is -2.24. The molecule has 0 fully saturated rings. The second-order valence-electron chi connectivity index (χ2n) is 5.82. The number of rotatable bonds is 5. The number of hydrogen-bond donors (Lipinski definition) is 1. The van der Waals surface area contributed by atoms with Crippen LogP contribution in [0.5, 0.6) is 5.75 Å². The van der Waals surface area contributed by atoms with E-state index in [-0.39, 0.29) is 24.1 Å². The lowest BCUT2D eigenvalue weighted by atomic mass is 10.2. The number of hydrogen-bond acceptors (Lipinski definition) is 4. The Kier molecular flexibility index (Phi) is 5.06. The van der Waals surface area contributed by atoms with Crippen molar-refractivity contribution in [1.82, 2.24) is 14.8 Å². The first-order valence-electron chi connectivity index (χ1n) is 7.70. The Morgan fingerprint density at radius 3 is 2.81 bits per heavy atom. The first-order chi connectivity index (χ1) is 12.3. The summed E-state index contributed by atoms with van der Waals surface area (Å²) in [7, 11) is 0. The van der Waals surface area contributed by atoms with Gasteiger partial charge < -0.3 is 9.84 Å². The summed E-state index contributed by atoms with van der Waals surface area (Å²) in [5, 5.41) is 14.0. The maximum Gasteiger partial charge on any atom is 0.435 e. The lowest BCUT2D eigenvalue weighted by Gasteiger charge is -2.14. The summed E-state index contributed by atoms with van der Waals surface area (Å²) in [5.74, 6) is 0.399. The van der Waals surface area contributed by atoms with Crippen molar-refractivity contribution < 1.29 is 23.0 Å². The summed E-state index contributed by atoms with van der Waals surface area (Å²) in [6.07, 6.45) is -3.21. The van der Waals surface area contributed by atoms with Crippen LogP contribution in [-0.4, -0.2) is 32.6 Å². The summed E-state index contributed by atoms with van der Waals surface area (Å²) in [6.45, 7) is 1.55. The number of benzene rings is 1. The number of halogens is 4. The highest BCUT2D eigenvalue weighted by Gasteiger charge is 2.37. The van der Waals surface area contributed by atoms with Gasteiger partial charge in [0.1, 0.15) is 18.5 Å². The lowest BCUT2D eigenvalue weighted by molar-refractivity contribution is -0.140. The first-order valence-corrected chi connectivity index (χ1v) is 8.08. The van der Waals surface area contributed by atoms with Gasteiger partial charge in [0.25, 0.3) is 0 Å². The molecule has 1 aromatic carbocycles. The fourth-order valence-corrected chi connectivity index (χ4v) is 2.70. The van der Waals surface area contributed by atoms with Gasteiger partial charge >= 0.3 is 6.18 Å². The van der Waals surface area contributed by atoms with Gasteiger partial charge in [0.15, 0.2) is 5.69 Å². The molecule has 3 rings (SSSR count). The van der Waals surface area contributed by atoms with E-state index in [9.17, 15) is 18.3 Å². The van der Waals surface area contributed by atoms with Crippen LogP contribution in [0.1, 0.15) is 11.3 Å².